The predicted molar refractivity (Wildman–Crippen MR) is 109 cm³/mol. The largest absolute Gasteiger partial charge is 0.507 e. The van der Waals surface area contributed by atoms with E-state index >= 15 is 0 Å². The molecule has 0 radical (unpaired) electrons. The number of benzene rings is 3. The zero-order valence-corrected chi connectivity index (χ0v) is 16.8. The summed E-state index contributed by atoms with van der Waals surface area (Å²) in [6.07, 6.45) is 0. The number of phenolic OH excluding ortho intramolecular Hbond substituents is 1. The van der Waals surface area contributed by atoms with Gasteiger partial charge in [0.1, 0.15) is 17.9 Å². The summed E-state index contributed by atoms with van der Waals surface area (Å²) in [6, 6.07) is 19.2. The van der Waals surface area contributed by atoms with Crippen molar-refractivity contribution >= 4 is 27.6 Å². The fraction of sp³-hybridized carbons (Fsp3) is 0.0952. The van der Waals surface area contributed by atoms with Crippen molar-refractivity contribution in [2.24, 2.45) is 0 Å². The number of hydrogen-bond donors (Lipinski definition) is 2. The molecule has 0 aliphatic carbocycles. The van der Waals surface area contributed by atoms with Gasteiger partial charge in [0.15, 0.2) is 0 Å². The van der Waals surface area contributed by atoms with E-state index in [1.807, 2.05) is 6.07 Å². The van der Waals surface area contributed by atoms with Crippen LogP contribution in [0.2, 0.25) is 5.02 Å². The third-order valence-corrected chi connectivity index (χ3v) is 5.70. The van der Waals surface area contributed by atoms with Crippen LogP contribution in [-0.2, 0) is 27.9 Å². The number of carbonyl (C=O) groups excluding carboxylic acids is 1. The lowest BCUT2D eigenvalue weighted by Crippen LogP contribution is -2.23. The van der Waals surface area contributed by atoms with Crippen molar-refractivity contribution in [1.29, 1.82) is 0 Å². The lowest BCUT2D eigenvalue weighted by Gasteiger charge is -2.10. The van der Waals surface area contributed by atoms with E-state index in [0.29, 0.717) is 10.6 Å². The monoisotopic (exact) mass is 431 g/mol. The molecule has 0 saturated heterocycles. The fourth-order valence-electron chi connectivity index (χ4n) is 2.56. The Balaban J connectivity index is 1.73. The highest BCUT2D eigenvalue weighted by Gasteiger charge is 2.20. The number of aromatic hydroxyl groups is 1. The van der Waals surface area contributed by atoms with Gasteiger partial charge in [-0.2, -0.15) is 0 Å². The second kappa shape index (κ2) is 9.09. The third kappa shape index (κ3) is 5.57. The van der Waals surface area contributed by atoms with Gasteiger partial charge in [0, 0.05) is 11.6 Å². The lowest BCUT2D eigenvalue weighted by molar-refractivity contribution is 0.0469. The molecule has 0 amide bonds. The molecule has 0 fully saturated rings. The van der Waals surface area contributed by atoms with Crippen LogP contribution in [0.3, 0.4) is 0 Å². The number of nitrogens with one attached hydrogen (secondary N) is 1. The van der Waals surface area contributed by atoms with Crippen molar-refractivity contribution in [3.8, 4) is 5.75 Å². The molecule has 0 unspecified atom stereocenters. The minimum atomic E-state index is -3.89. The molecular formula is C21H18ClNO5S. The van der Waals surface area contributed by atoms with Crippen molar-refractivity contribution in [3.63, 3.8) is 0 Å². The van der Waals surface area contributed by atoms with Gasteiger partial charge in [-0.05, 0) is 41.5 Å². The highest BCUT2D eigenvalue weighted by atomic mass is 35.5. The number of esters is 1. The molecule has 8 heteroatoms. The Labute approximate surface area is 173 Å². The summed E-state index contributed by atoms with van der Waals surface area (Å²) < 4.78 is 32.7. The molecular weight excluding hydrogens is 414 g/mol. The number of phenols is 1. The van der Waals surface area contributed by atoms with Gasteiger partial charge < -0.3 is 9.84 Å². The van der Waals surface area contributed by atoms with Crippen molar-refractivity contribution in [1.82, 2.24) is 4.72 Å². The first-order chi connectivity index (χ1) is 13.8. The zero-order valence-electron chi connectivity index (χ0n) is 15.2. The van der Waals surface area contributed by atoms with Crippen LogP contribution in [0.25, 0.3) is 0 Å². The van der Waals surface area contributed by atoms with Gasteiger partial charge >= 0.3 is 5.97 Å². The first-order valence-electron chi connectivity index (χ1n) is 8.63. The highest BCUT2D eigenvalue weighted by molar-refractivity contribution is 7.89. The van der Waals surface area contributed by atoms with Crippen molar-refractivity contribution in [2.75, 3.05) is 0 Å². The van der Waals surface area contributed by atoms with Gasteiger partial charge in [0.25, 0.3) is 0 Å². The predicted octanol–water partition coefficient (Wildman–Crippen LogP) is 3.88. The summed E-state index contributed by atoms with van der Waals surface area (Å²) in [5, 5.41) is 10.5. The van der Waals surface area contributed by atoms with E-state index in [2.05, 4.69) is 4.72 Å². The smallest absolute Gasteiger partial charge is 0.342 e. The molecule has 6 nitrogen and oxygen atoms in total. The number of halogens is 1. The van der Waals surface area contributed by atoms with E-state index in [-0.39, 0.29) is 29.4 Å². The van der Waals surface area contributed by atoms with Crippen LogP contribution < -0.4 is 4.72 Å². The maximum atomic E-state index is 12.5. The molecule has 150 valence electrons. The SMILES string of the molecule is O=C(OCc1cccc(Cl)c1)c1cc(S(=O)(=O)NCc2ccccc2)ccc1O. The van der Waals surface area contributed by atoms with E-state index < -0.39 is 16.0 Å². The maximum absolute atomic E-state index is 12.5. The number of sulfonamides is 1. The van der Waals surface area contributed by atoms with Crippen molar-refractivity contribution in [3.05, 3.63) is 94.5 Å². The van der Waals surface area contributed by atoms with Crippen LogP contribution in [0.1, 0.15) is 21.5 Å². The van der Waals surface area contributed by atoms with Gasteiger partial charge in [-0.3, -0.25) is 0 Å². The summed E-state index contributed by atoms with van der Waals surface area (Å²) in [5.74, 6) is -1.22. The van der Waals surface area contributed by atoms with Crippen LogP contribution in [-0.4, -0.2) is 19.5 Å². The number of rotatable bonds is 7. The Hall–Kier alpha value is -2.87. The molecule has 0 heterocycles. The van der Waals surface area contributed by atoms with Crippen molar-refractivity contribution in [2.45, 2.75) is 18.0 Å². The maximum Gasteiger partial charge on any atom is 0.342 e. The zero-order chi connectivity index (χ0) is 20.9. The summed E-state index contributed by atoms with van der Waals surface area (Å²) in [6.45, 7) is 0.0284. The first kappa shape index (κ1) is 20.9. The quantitative estimate of drug-likeness (QED) is 0.554. The molecule has 0 spiro atoms. The standard InChI is InChI=1S/C21H18ClNO5S/c22-17-8-4-7-16(11-17)14-28-21(25)19-12-18(9-10-20(19)24)29(26,27)23-13-15-5-2-1-3-6-15/h1-12,23-24H,13-14H2. The third-order valence-electron chi connectivity index (χ3n) is 4.07. The molecule has 0 bridgehead atoms. The molecule has 3 rings (SSSR count). The Morgan fingerprint density at radius 3 is 2.41 bits per heavy atom. The molecule has 29 heavy (non-hydrogen) atoms. The number of carbonyl (C=O) groups is 1. The van der Waals surface area contributed by atoms with Gasteiger partial charge in [0.05, 0.1) is 4.90 Å². The summed E-state index contributed by atoms with van der Waals surface area (Å²) >= 11 is 5.89. The molecule has 3 aromatic carbocycles. The molecule has 2 N–H and O–H groups in total. The average molecular weight is 432 g/mol. The van der Waals surface area contributed by atoms with E-state index in [9.17, 15) is 18.3 Å². The number of hydrogen-bond acceptors (Lipinski definition) is 5. The fourth-order valence-corrected chi connectivity index (χ4v) is 3.81. The first-order valence-corrected chi connectivity index (χ1v) is 10.5. The van der Waals surface area contributed by atoms with Gasteiger partial charge in [0.2, 0.25) is 10.0 Å². The summed E-state index contributed by atoms with van der Waals surface area (Å²) in [5.41, 5.74) is 1.21. The Morgan fingerprint density at radius 1 is 0.966 bits per heavy atom. The van der Waals surface area contributed by atoms with E-state index in [1.54, 1.807) is 48.5 Å². The van der Waals surface area contributed by atoms with E-state index in [0.717, 1.165) is 17.7 Å². The minimum Gasteiger partial charge on any atom is -0.507 e. The minimum absolute atomic E-state index is 0.0674. The Morgan fingerprint density at radius 2 is 1.69 bits per heavy atom. The van der Waals surface area contributed by atoms with Gasteiger partial charge in [-0.25, -0.2) is 17.9 Å². The molecule has 0 aliphatic rings. The van der Waals surface area contributed by atoms with E-state index in [4.69, 9.17) is 16.3 Å². The second-order valence-electron chi connectivity index (χ2n) is 6.20. The van der Waals surface area contributed by atoms with E-state index in [1.165, 1.54) is 6.07 Å². The molecule has 0 aliphatic heterocycles. The normalized spacial score (nSPS) is 11.2. The molecule has 0 aromatic heterocycles. The Bertz CT molecular complexity index is 1120. The summed E-state index contributed by atoms with van der Waals surface area (Å²) in [7, 11) is -3.89. The number of ether oxygens (including phenoxy) is 1. The highest BCUT2D eigenvalue weighted by Crippen LogP contribution is 2.23. The van der Waals surface area contributed by atoms with Crippen LogP contribution >= 0.6 is 11.6 Å². The van der Waals surface area contributed by atoms with Crippen LogP contribution in [0.4, 0.5) is 0 Å². The lowest BCUT2D eigenvalue weighted by atomic mass is 10.2. The molecule has 0 saturated carbocycles. The topological polar surface area (TPSA) is 92.7 Å². The van der Waals surface area contributed by atoms with Crippen LogP contribution in [0, 0.1) is 0 Å². The molecule has 0 atom stereocenters. The molecule has 3 aromatic rings. The van der Waals surface area contributed by atoms with Crippen LogP contribution in [0.5, 0.6) is 5.75 Å². The van der Waals surface area contributed by atoms with Crippen molar-refractivity contribution < 1.29 is 23.1 Å². The second-order valence-corrected chi connectivity index (χ2v) is 8.40. The Kier molecular flexibility index (Phi) is 6.53. The average Bonchev–Trinajstić information content (AvgIpc) is 2.71. The summed E-state index contributed by atoms with van der Waals surface area (Å²) in [4.78, 5) is 12.2. The van der Waals surface area contributed by atoms with Gasteiger partial charge in [-0.15, -0.1) is 0 Å². The van der Waals surface area contributed by atoms with Crippen LogP contribution in [0.15, 0.2) is 77.7 Å². The van der Waals surface area contributed by atoms with Gasteiger partial charge in [-0.1, -0.05) is 54.1 Å².